The minimum Gasteiger partial charge on any atom is -0.358 e. The van der Waals surface area contributed by atoms with Gasteiger partial charge >= 0.3 is 0 Å². The molecular formula is C31H33N5O2S. The second-order valence-electron chi connectivity index (χ2n) is 9.73. The standard InChI is InChI=1S/C31H33N5O2S/c1-5-36(6-2)16-10-13-27(37)28-19(3)25(32-20(28)4)17-22-29-24(34-30(22)38)15-14-23(33-29)26-18-39-31(35-26)21-11-8-7-9-12-21/h7-9,11-12,14-15,17-18,32H,5-6,10,13,16H2,1-4H3,(H,34,38)/b22-17-. The number of H-pyrrole nitrogens is 1. The number of carbonyl (C=O) groups is 2. The SMILES string of the molecule is CCN(CC)CCCC(=O)c1c(C)[nH]c(/C=C2\C(=O)Nc3ccc(-c4csc(-c5ccccc5)n4)nc32)c1C. The maximum Gasteiger partial charge on any atom is 0.258 e. The van der Waals surface area contributed by atoms with Gasteiger partial charge in [0.1, 0.15) is 16.4 Å². The van der Waals surface area contributed by atoms with Crippen LogP contribution < -0.4 is 5.32 Å². The van der Waals surface area contributed by atoms with Crippen molar-refractivity contribution in [1.29, 1.82) is 0 Å². The van der Waals surface area contributed by atoms with Gasteiger partial charge in [-0.3, -0.25) is 9.59 Å². The normalized spacial score (nSPS) is 13.8. The van der Waals surface area contributed by atoms with Crippen LogP contribution in [0.4, 0.5) is 5.69 Å². The Bertz CT molecular complexity index is 1550. The third-order valence-electron chi connectivity index (χ3n) is 7.25. The Morgan fingerprint density at radius 2 is 1.79 bits per heavy atom. The fourth-order valence-corrected chi connectivity index (χ4v) is 5.87. The number of benzene rings is 1. The Morgan fingerprint density at radius 1 is 1.03 bits per heavy atom. The first-order valence-electron chi connectivity index (χ1n) is 13.4. The monoisotopic (exact) mass is 539 g/mol. The number of aryl methyl sites for hydroxylation is 1. The number of rotatable bonds is 10. The molecule has 4 heterocycles. The van der Waals surface area contributed by atoms with Crippen molar-refractivity contribution in [2.24, 2.45) is 0 Å². The molecule has 2 N–H and O–H groups in total. The van der Waals surface area contributed by atoms with Gasteiger partial charge in [0.25, 0.3) is 5.91 Å². The molecule has 0 spiro atoms. The molecule has 1 amide bonds. The van der Waals surface area contributed by atoms with Crippen molar-refractivity contribution < 1.29 is 9.59 Å². The highest BCUT2D eigenvalue weighted by molar-refractivity contribution is 7.13. The lowest BCUT2D eigenvalue weighted by Crippen LogP contribution is -2.24. The predicted molar refractivity (Wildman–Crippen MR) is 159 cm³/mol. The number of amides is 1. The van der Waals surface area contributed by atoms with Crippen molar-refractivity contribution in [2.75, 3.05) is 25.0 Å². The molecular weight excluding hydrogens is 506 g/mol. The molecule has 4 aromatic rings. The molecule has 0 bridgehead atoms. The van der Waals surface area contributed by atoms with Crippen molar-refractivity contribution in [1.82, 2.24) is 19.9 Å². The largest absolute Gasteiger partial charge is 0.358 e. The molecule has 0 aliphatic carbocycles. The maximum absolute atomic E-state index is 13.1. The molecule has 0 fully saturated rings. The number of fused-ring (bicyclic) bond motifs is 1. The summed E-state index contributed by atoms with van der Waals surface area (Å²) in [4.78, 5) is 41.3. The molecule has 0 unspecified atom stereocenters. The maximum atomic E-state index is 13.1. The van der Waals surface area contributed by atoms with Gasteiger partial charge in [-0.2, -0.15) is 0 Å². The van der Waals surface area contributed by atoms with Crippen LogP contribution in [0.3, 0.4) is 0 Å². The lowest BCUT2D eigenvalue weighted by Gasteiger charge is -2.17. The molecule has 7 nitrogen and oxygen atoms in total. The Labute approximate surface area is 233 Å². The molecule has 1 aromatic carbocycles. The summed E-state index contributed by atoms with van der Waals surface area (Å²) in [6.07, 6.45) is 3.13. The number of hydrogen-bond donors (Lipinski definition) is 2. The molecule has 8 heteroatoms. The number of Topliss-reactive ketones (excluding diaryl/α,β-unsaturated/α-hetero) is 1. The van der Waals surface area contributed by atoms with Crippen molar-refractivity contribution in [3.05, 3.63) is 76.1 Å². The van der Waals surface area contributed by atoms with E-state index in [0.29, 0.717) is 29.1 Å². The summed E-state index contributed by atoms with van der Waals surface area (Å²) < 4.78 is 0. The fourth-order valence-electron chi connectivity index (χ4n) is 5.05. The molecule has 200 valence electrons. The number of pyridine rings is 1. The highest BCUT2D eigenvalue weighted by Crippen LogP contribution is 2.35. The number of nitrogens with zero attached hydrogens (tertiary/aromatic N) is 3. The zero-order valence-corrected chi connectivity index (χ0v) is 23.6. The average molecular weight is 540 g/mol. The predicted octanol–water partition coefficient (Wildman–Crippen LogP) is 6.61. The van der Waals surface area contributed by atoms with Crippen LogP contribution in [0.5, 0.6) is 0 Å². The van der Waals surface area contributed by atoms with Gasteiger partial charge in [-0.05, 0) is 63.7 Å². The van der Waals surface area contributed by atoms with Crippen molar-refractivity contribution in [3.63, 3.8) is 0 Å². The van der Waals surface area contributed by atoms with E-state index < -0.39 is 0 Å². The summed E-state index contributed by atoms with van der Waals surface area (Å²) in [5.41, 5.74) is 7.41. The second-order valence-corrected chi connectivity index (χ2v) is 10.6. The smallest absolute Gasteiger partial charge is 0.258 e. The van der Waals surface area contributed by atoms with E-state index in [-0.39, 0.29) is 11.7 Å². The lowest BCUT2D eigenvalue weighted by atomic mass is 10.0. The Kier molecular flexibility index (Phi) is 7.86. The van der Waals surface area contributed by atoms with Gasteiger partial charge < -0.3 is 15.2 Å². The van der Waals surface area contributed by atoms with E-state index in [4.69, 9.17) is 9.97 Å². The Morgan fingerprint density at radius 3 is 2.54 bits per heavy atom. The van der Waals surface area contributed by atoms with Gasteiger partial charge in [-0.15, -0.1) is 11.3 Å². The van der Waals surface area contributed by atoms with Gasteiger partial charge in [-0.1, -0.05) is 44.2 Å². The van der Waals surface area contributed by atoms with E-state index in [1.54, 1.807) is 11.3 Å². The topological polar surface area (TPSA) is 91.0 Å². The minimum absolute atomic E-state index is 0.132. The number of ketones is 1. The second kappa shape index (κ2) is 11.5. The highest BCUT2D eigenvalue weighted by Gasteiger charge is 2.28. The first kappa shape index (κ1) is 26.7. The number of aromatic amines is 1. The van der Waals surface area contributed by atoms with Crippen molar-refractivity contribution in [3.8, 4) is 22.0 Å². The van der Waals surface area contributed by atoms with Crippen LogP contribution >= 0.6 is 11.3 Å². The molecule has 3 aromatic heterocycles. The molecule has 39 heavy (non-hydrogen) atoms. The zero-order valence-electron chi connectivity index (χ0n) is 22.8. The summed E-state index contributed by atoms with van der Waals surface area (Å²) >= 11 is 1.57. The fraction of sp³-hybridized carbons (Fsp3) is 0.290. The van der Waals surface area contributed by atoms with E-state index in [2.05, 4.69) is 29.0 Å². The highest BCUT2D eigenvalue weighted by atomic mass is 32.1. The van der Waals surface area contributed by atoms with Crippen LogP contribution in [0.25, 0.3) is 33.6 Å². The summed E-state index contributed by atoms with van der Waals surface area (Å²) in [6, 6.07) is 13.8. The van der Waals surface area contributed by atoms with E-state index in [0.717, 1.165) is 64.8 Å². The lowest BCUT2D eigenvalue weighted by molar-refractivity contribution is -0.110. The molecule has 1 aliphatic rings. The van der Waals surface area contributed by atoms with E-state index >= 15 is 0 Å². The van der Waals surface area contributed by atoms with Gasteiger partial charge in [-0.25, -0.2) is 9.97 Å². The third-order valence-corrected chi connectivity index (χ3v) is 8.14. The zero-order chi connectivity index (χ0) is 27.5. The number of nitrogens with one attached hydrogen (secondary N) is 2. The third kappa shape index (κ3) is 5.48. The van der Waals surface area contributed by atoms with Crippen LogP contribution in [0.1, 0.15) is 59.7 Å². The Hall–Kier alpha value is -3.88. The molecule has 0 saturated carbocycles. The first-order valence-corrected chi connectivity index (χ1v) is 14.3. The van der Waals surface area contributed by atoms with E-state index in [1.165, 1.54) is 0 Å². The average Bonchev–Trinajstić information content (AvgIpc) is 3.63. The summed E-state index contributed by atoms with van der Waals surface area (Å²) in [5, 5.41) is 5.83. The van der Waals surface area contributed by atoms with Gasteiger partial charge in [0, 0.05) is 34.3 Å². The summed E-state index contributed by atoms with van der Waals surface area (Å²) in [5.74, 6) is -0.0795. The summed E-state index contributed by atoms with van der Waals surface area (Å²) in [7, 11) is 0. The van der Waals surface area contributed by atoms with Gasteiger partial charge in [0.15, 0.2) is 5.78 Å². The van der Waals surface area contributed by atoms with Crippen LogP contribution in [-0.2, 0) is 4.79 Å². The molecule has 0 saturated heterocycles. The number of anilines is 1. The number of hydrogen-bond acceptors (Lipinski definition) is 6. The first-order chi connectivity index (χ1) is 18.9. The Balaban J connectivity index is 1.41. The van der Waals surface area contributed by atoms with Crippen LogP contribution in [0.15, 0.2) is 47.8 Å². The molecule has 1 aliphatic heterocycles. The van der Waals surface area contributed by atoms with E-state index in [1.807, 2.05) is 67.8 Å². The minimum atomic E-state index is -0.211. The number of thiazole rings is 1. The summed E-state index contributed by atoms with van der Waals surface area (Å²) in [6.45, 7) is 11.0. The van der Waals surface area contributed by atoms with Crippen LogP contribution in [-0.4, -0.2) is 51.2 Å². The quantitative estimate of drug-likeness (QED) is 0.175. The van der Waals surface area contributed by atoms with Crippen molar-refractivity contribution >= 4 is 40.4 Å². The number of carbonyl (C=O) groups excluding carboxylic acids is 2. The van der Waals surface area contributed by atoms with Gasteiger partial charge in [0.05, 0.1) is 17.0 Å². The molecule has 0 atom stereocenters. The molecule has 5 rings (SSSR count). The van der Waals surface area contributed by atoms with Crippen molar-refractivity contribution in [2.45, 2.75) is 40.5 Å². The molecule has 0 radical (unpaired) electrons. The van der Waals surface area contributed by atoms with Gasteiger partial charge in [0.2, 0.25) is 0 Å². The van der Waals surface area contributed by atoms with Crippen LogP contribution in [0, 0.1) is 13.8 Å². The van der Waals surface area contributed by atoms with E-state index in [9.17, 15) is 9.59 Å². The van der Waals surface area contributed by atoms with Crippen LogP contribution in [0.2, 0.25) is 0 Å². The number of aromatic nitrogens is 3.